The highest BCUT2D eigenvalue weighted by Crippen LogP contribution is 2.25. The molecule has 1 aliphatic rings. The van der Waals surface area contributed by atoms with Gasteiger partial charge >= 0.3 is 0 Å². The zero-order chi connectivity index (χ0) is 18.5. The number of aryl methyl sites for hydroxylation is 1. The third-order valence-electron chi connectivity index (χ3n) is 5.03. The number of aromatic nitrogens is 1. The first-order chi connectivity index (χ1) is 12.6. The van der Waals surface area contributed by atoms with E-state index in [-0.39, 0.29) is 5.91 Å². The first kappa shape index (κ1) is 18.6. The summed E-state index contributed by atoms with van der Waals surface area (Å²) in [7, 11) is 1.72. The monoisotopic (exact) mass is 357 g/mol. The molecule has 140 valence electrons. The van der Waals surface area contributed by atoms with Crippen molar-refractivity contribution < 1.29 is 13.9 Å². The van der Waals surface area contributed by atoms with Gasteiger partial charge in [0.05, 0.1) is 6.61 Å². The van der Waals surface area contributed by atoms with E-state index in [9.17, 15) is 4.79 Å². The van der Waals surface area contributed by atoms with Gasteiger partial charge in [-0.3, -0.25) is 9.69 Å². The van der Waals surface area contributed by atoms with Crippen LogP contribution in [0.3, 0.4) is 0 Å². The molecule has 2 heterocycles. The van der Waals surface area contributed by atoms with Crippen molar-refractivity contribution >= 4 is 5.91 Å². The van der Waals surface area contributed by atoms with Crippen molar-refractivity contribution in [3.63, 3.8) is 0 Å². The van der Waals surface area contributed by atoms with Crippen molar-refractivity contribution in [2.45, 2.75) is 26.3 Å². The minimum Gasteiger partial charge on any atom is -0.443 e. The Morgan fingerprint density at radius 2 is 2.08 bits per heavy atom. The van der Waals surface area contributed by atoms with E-state index in [4.69, 9.17) is 9.15 Å². The maximum atomic E-state index is 13.1. The van der Waals surface area contributed by atoms with Gasteiger partial charge in [0.15, 0.2) is 17.8 Å². The second-order valence-electron chi connectivity index (χ2n) is 6.74. The van der Waals surface area contributed by atoms with Gasteiger partial charge in [0.1, 0.15) is 0 Å². The number of carbonyl (C=O) groups is 1. The molecule has 1 amide bonds. The molecular formula is C20H27N3O3. The van der Waals surface area contributed by atoms with E-state index in [1.807, 2.05) is 36.1 Å². The topological polar surface area (TPSA) is 58.8 Å². The molecule has 0 aliphatic carbocycles. The van der Waals surface area contributed by atoms with E-state index in [0.29, 0.717) is 37.2 Å². The van der Waals surface area contributed by atoms with Gasteiger partial charge in [0.2, 0.25) is 0 Å². The van der Waals surface area contributed by atoms with Crippen molar-refractivity contribution in [1.82, 2.24) is 14.8 Å². The third-order valence-corrected chi connectivity index (χ3v) is 5.03. The maximum absolute atomic E-state index is 13.1. The lowest BCUT2D eigenvalue weighted by atomic mass is 10.1. The van der Waals surface area contributed by atoms with Gasteiger partial charge in [-0.2, -0.15) is 0 Å². The predicted octanol–water partition coefficient (Wildman–Crippen LogP) is 2.83. The van der Waals surface area contributed by atoms with E-state index in [1.54, 1.807) is 7.11 Å². The Hall–Kier alpha value is -2.18. The zero-order valence-corrected chi connectivity index (χ0v) is 15.8. The molecule has 1 saturated heterocycles. The molecule has 1 unspecified atom stereocenters. The summed E-state index contributed by atoms with van der Waals surface area (Å²) in [6, 6.07) is 8.29. The van der Waals surface area contributed by atoms with Gasteiger partial charge in [0.25, 0.3) is 5.91 Å². The molecule has 1 aliphatic heterocycles. The average Bonchev–Trinajstić information content (AvgIpc) is 3.16. The standard InChI is InChI=1S/C20H27N3O3/c1-4-17-13-23(10-9-22(17)11-12-25-3)20(24)18-19(26-14-21-18)16-7-5-15(2)6-8-16/h5-8,14,17H,4,9-13H2,1-3H3. The summed E-state index contributed by atoms with van der Waals surface area (Å²) in [5.41, 5.74) is 2.44. The Kier molecular flexibility index (Phi) is 6.06. The van der Waals surface area contributed by atoms with Crippen LogP contribution in [-0.4, -0.2) is 66.6 Å². The van der Waals surface area contributed by atoms with Gasteiger partial charge in [0, 0.05) is 44.9 Å². The first-order valence-corrected chi connectivity index (χ1v) is 9.16. The molecule has 0 saturated carbocycles. The van der Waals surface area contributed by atoms with Crippen LogP contribution in [0.1, 0.15) is 29.4 Å². The third kappa shape index (κ3) is 3.97. The second-order valence-corrected chi connectivity index (χ2v) is 6.74. The molecule has 0 radical (unpaired) electrons. The summed E-state index contributed by atoms with van der Waals surface area (Å²) in [6.07, 6.45) is 2.35. The lowest BCUT2D eigenvalue weighted by Gasteiger charge is -2.40. The van der Waals surface area contributed by atoms with Crippen LogP contribution in [-0.2, 0) is 4.74 Å². The number of piperazine rings is 1. The number of benzene rings is 1. The highest BCUT2D eigenvalue weighted by molar-refractivity contribution is 5.97. The molecule has 3 rings (SSSR count). The number of amides is 1. The summed E-state index contributed by atoms with van der Waals surface area (Å²) in [5, 5.41) is 0. The molecule has 26 heavy (non-hydrogen) atoms. The summed E-state index contributed by atoms with van der Waals surface area (Å²) >= 11 is 0. The molecule has 1 aromatic heterocycles. The summed E-state index contributed by atoms with van der Waals surface area (Å²) < 4.78 is 10.7. The zero-order valence-electron chi connectivity index (χ0n) is 15.8. The number of hydrogen-bond acceptors (Lipinski definition) is 5. The SMILES string of the molecule is CCC1CN(C(=O)c2ncoc2-c2ccc(C)cc2)CCN1CCOC. The quantitative estimate of drug-likeness (QED) is 0.796. The largest absolute Gasteiger partial charge is 0.443 e. The van der Waals surface area contributed by atoms with Crippen LogP contribution >= 0.6 is 0 Å². The summed E-state index contributed by atoms with van der Waals surface area (Å²) in [4.78, 5) is 21.6. The van der Waals surface area contributed by atoms with Crippen LogP contribution in [0.5, 0.6) is 0 Å². The summed E-state index contributed by atoms with van der Waals surface area (Å²) in [6.45, 7) is 8.06. The minimum absolute atomic E-state index is 0.0563. The van der Waals surface area contributed by atoms with E-state index in [2.05, 4.69) is 16.8 Å². The van der Waals surface area contributed by atoms with Crippen molar-refractivity contribution in [3.05, 3.63) is 41.9 Å². The Morgan fingerprint density at radius 1 is 1.31 bits per heavy atom. The average molecular weight is 357 g/mol. The van der Waals surface area contributed by atoms with Crippen molar-refractivity contribution in [2.75, 3.05) is 39.9 Å². The van der Waals surface area contributed by atoms with E-state index < -0.39 is 0 Å². The van der Waals surface area contributed by atoms with Crippen LogP contribution in [0.25, 0.3) is 11.3 Å². The Labute approximate surface area is 154 Å². The van der Waals surface area contributed by atoms with Gasteiger partial charge in [-0.15, -0.1) is 0 Å². The van der Waals surface area contributed by atoms with Gasteiger partial charge in [-0.05, 0) is 13.3 Å². The van der Waals surface area contributed by atoms with Crippen LogP contribution in [0.4, 0.5) is 0 Å². The minimum atomic E-state index is -0.0563. The normalized spacial score (nSPS) is 18.3. The first-order valence-electron chi connectivity index (χ1n) is 9.16. The van der Waals surface area contributed by atoms with Crippen molar-refractivity contribution in [1.29, 1.82) is 0 Å². The highest BCUT2D eigenvalue weighted by Gasteiger charge is 2.31. The fourth-order valence-electron chi connectivity index (χ4n) is 3.43. The lowest BCUT2D eigenvalue weighted by Crippen LogP contribution is -2.55. The lowest BCUT2D eigenvalue weighted by molar-refractivity contribution is 0.0381. The van der Waals surface area contributed by atoms with E-state index in [1.165, 1.54) is 12.0 Å². The number of nitrogens with zero attached hydrogens (tertiary/aromatic N) is 3. The molecule has 0 bridgehead atoms. The van der Waals surface area contributed by atoms with Gasteiger partial charge in [-0.25, -0.2) is 4.98 Å². The van der Waals surface area contributed by atoms with Crippen LogP contribution in [0.15, 0.2) is 35.1 Å². The molecule has 6 heteroatoms. The molecule has 1 aromatic carbocycles. The maximum Gasteiger partial charge on any atom is 0.276 e. The van der Waals surface area contributed by atoms with Crippen molar-refractivity contribution in [3.8, 4) is 11.3 Å². The molecule has 6 nitrogen and oxygen atoms in total. The van der Waals surface area contributed by atoms with Gasteiger partial charge in [-0.1, -0.05) is 36.8 Å². The summed E-state index contributed by atoms with van der Waals surface area (Å²) in [5.74, 6) is 0.490. The fourth-order valence-corrected chi connectivity index (χ4v) is 3.43. The van der Waals surface area contributed by atoms with E-state index in [0.717, 1.165) is 25.1 Å². The number of carbonyl (C=O) groups excluding carboxylic acids is 1. The highest BCUT2D eigenvalue weighted by atomic mass is 16.5. The Bertz CT molecular complexity index is 726. The van der Waals surface area contributed by atoms with Crippen LogP contribution in [0.2, 0.25) is 0 Å². The Balaban J connectivity index is 1.74. The van der Waals surface area contributed by atoms with E-state index >= 15 is 0 Å². The molecule has 2 aromatic rings. The Morgan fingerprint density at radius 3 is 2.77 bits per heavy atom. The molecule has 0 N–H and O–H groups in total. The number of oxazole rings is 1. The smallest absolute Gasteiger partial charge is 0.276 e. The number of rotatable bonds is 6. The molecule has 0 spiro atoms. The van der Waals surface area contributed by atoms with Crippen LogP contribution in [0, 0.1) is 6.92 Å². The predicted molar refractivity (Wildman–Crippen MR) is 100 cm³/mol. The number of ether oxygens (including phenoxy) is 1. The fraction of sp³-hybridized carbons (Fsp3) is 0.500. The van der Waals surface area contributed by atoms with Crippen molar-refractivity contribution in [2.24, 2.45) is 0 Å². The van der Waals surface area contributed by atoms with Gasteiger partial charge < -0.3 is 14.1 Å². The number of hydrogen-bond donors (Lipinski definition) is 0. The van der Waals surface area contributed by atoms with Crippen LogP contribution < -0.4 is 0 Å². The molecule has 1 atom stereocenters. The molecule has 1 fully saturated rings. The second kappa shape index (κ2) is 8.47. The molecular weight excluding hydrogens is 330 g/mol. The number of methoxy groups -OCH3 is 1.